The number of allylic oxidation sites excluding steroid dienone is 1. The number of likely N-dealkylation sites (tertiary alicyclic amines) is 1. The number of H-pyrrole nitrogens is 1. The van der Waals surface area contributed by atoms with E-state index >= 15 is 0 Å². The van der Waals surface area contributed by atoms with Crippen molar-refractivity contribution in [3.05, 3.63) is 65.7 Å². The van der Waals surface area contributed by atoms with Gasteiger partial charge in [-0.3, -0.25) is 4.84 Å². The summed E-state index contributed by atoms with van der Waals surface area (Å²) in [5, 5.41) is 21.6. The highest BCUT2D eigenvalue weighted by Gasteiger charge is 2.49. The number of thioether (sulfide) groups is 1. The van der Waals surface area contributed by atoms with Gasteiger partial charge in [0.1, 0.15) is 0 Å². The lowest BCUT2D eigenvalue weighted by Crippen LogP contribution is -2.55. The number of carboxylic acid groups (broad SMARTS) is 1. The van der Waals surface area contributed by atoms with E-state index in [-0.39, 0.29) is 12.7 Å². The zero-order chi connectivity index (χ0) is 27.0. The number of carboxylic acids is 1. The second kappa shape index (κ2) is 13.3. The van der Waals surface area contributed by atoms with Crippen LogP contribution in [0.3, 0.4) is 0 Å². The van der Waals surface area contributed by atoms with E-state index < -0.39 is 11.5 Å². The molecule has 1 saturated heterocycles. The Hall–Kier alpha value is -2.85. The number of piperidine rings is 1. The number of imidazole rings is 1. The molecule has 0 spiro atoms. The van der Waals surface area contributed by atoms with Gasteiger partial charge in [-0.25, -0.2) is 9.78 Å². The Balaban J connectivity index is 1.83. The first-order valence-electron chi connectivity index (χ1n) is 13.2. The molecule has 38 heavy (non-hydrogen) atoms. The van der Waals surface area contributed by atoms with Gasteiger partial charge in [0.25, 0.3) is 0 Å². The first-order chi connectivity index (χ1) is 18.5. The number of aliphatic hydroxyl groups excluding tert-OH is 1. The fourth-order valence-electron chi connectivity index (χ4n) is 4.85. The van der Waals surface area contributed by atoms with Gasteiger partial charge in [-0.15, -0.1) is 0 Å². The zero-order valence-electron chi connectivity index (χ0n) is 22.2. The summed E-state index contributed by atoms with van der Waals surface area (Å²) < 4.78 is 0. The number of anilines is 1. The van der Waals surface area contributed by atoms with E-state index in [0.717, 1.165) is 48.9 Å². The summed E-state index contributed by atoms with van der Waals surface area (Å²) in [6.45, 7) is 1.91. The van der Waals surface area contributed by atoms with Crippen LogP contribution in [0.25, 0.3) is 17.1 Å². The number of aromatic amines is 1. The Kier molecular flexibility index (Phi) is 9.85. The molecule has 204 valence electrons. The average Bonchev–Trinajstić information content (AvgIpc) is 3.36. The van der Waals surface area contributed by atoms with Crippen LogP contribution >= 0.6 is 11.8 Å². The topological polar surface area (TPSA) is 102 Å². The Morgan fingerprint density at radius 3 is 2.76 bits per heavy atom. The molecule has 0 aliphatic carbocycles. The summed E-state index contributed by atoms with van der Waals surface area (Å²) in [7, 11) is 2.09. The Morgan fingerprint density at radius 2 is 2.05 bits per heavy atom. The van der Waals surface area contributed by atoms with Crippen LogP contribution in [-0.2, 0) is 15.2 Å². The van der Waals surface area contributed by atoms with E-state index in [1.807, 2.05) is 66.9 Å². The number of rotatable bonds is 13. The molecule has 0 saturated carbocycles. The summed E-state index contributed by atoms with van der Waals surface area (Å²) >= 11 is 1.61. The molecule has 4 rings (SSSR count). The van der Waals surface area contributed by atoms with Crippen LogP contribution in [0.15, 0.2) is 54.6 Å². The van der Waals surface area contributed by atoms with E-state index in [1.54, 1.807) is 16.8 Å². The van der Waals surface area contributed by atoms with Crippen molar-refractivity contribution in [1.29, 1.82) is 0 Å². The number of aliphatic carboxylic acids is 1. The number of aromatic nitrogens is 2. The van der Waals surface area contributed by atoms with Crippen LogP contribution in [0.2, 0.25) is 0 Å². The maximum absolute atomic E-state index is 13.4. The minimum Gasteiger partial charge on any atom is -0.479 e. The quantitative estimate of drug-likeness (QED) is 0.208. The lowest BCUT2D eigenvalue weighted by molar-refractivity contribution is -0.151. The molecule has 2 heterocycles. The van der Waals surface area contributed by atoms with E-state index in [4.69, 9.17) is 14.9 Å². The lowest BCUT2D eigenvalue weighted by Gasteiger charge is -2.42. The van der Waals surface area contributed by atoms with Gasteiger partial charge in [-0.1, -0.05) is 42.5 Å². The SMILES string of the molecule is CSCC[C@@](C(=O)O)(c1cccc(C=CCCCO)c1)N(OC1CCN(C)CC1)c1nc2ccccc2[nH]1. The first-order valence-corrected chi connectivity index (χ1v) is 14.6. The Bertz CT molecular complexity index is 1190. The smallest absolute Gasteiger partial charge is 0.336 e. The van der Waals surface area contributed by atoms with Crippen LogP contribution in [0.1, 0.15) is 43.2 Å². The van der Waals surface area contributed by atoms with Gasteiger partial charge in [-0.2, -0.15) is 16.8 Å². The highest BCUT2D eigenvalue weighted by molar-refractivity contribution is 7.98. The van der Waals surface area contributed by atoms with Gasteiger partial charge in [0, 0.05) is 19.7 Å². The Labute approximate surface area is 228 Å². The van der Waals surface area contributed by atoms with Crippen molar-refractivity contribution < 1.29 is 19.8 Å². The van der Waals surface area contributed by atoms with E-state index in [2.05, 4.69) is 16.9 Å². The fourth-order valence-corrected chi connectivity index (χ4v) is 5.35. The number of hydroxylamine groups is 1. The van der Waals surface area contributed by atoms with Crippen LogP contribution in [0.5, 0.6) is 0 Å². The summed E-state index contributed by atoms with van der Waals surface area (Å²) in [5.74, 6) is 0.0231. The number of para-hydroxylation sites is 2. The number of benzene rings is 2. The van der Waals surface area contributed by atoms with Gasteiger partial charge in [0.15, 0.2) is 5.54 Å². The fraction of sp³-hybridized carbons (Fsp3) is 0.448. The van der Waals surface area contributed by atoms with Gasteiger partial charge in [0.05, 0.1) is 17.1 Å². The maximum Gasteiger partial charge on any atom is 0.336 e. The van der Waals surface area contributed by atoms with Crippen molar-refractivity contribution in [2.75, 3.05) is 43.8 Å². The van der Waals surface area contributed by atoms with Gasteiger partial charge >= 0.3 is 5.97 Å². The van der Waals surface area contributed by atoms with Crippen LogP contribution in [-0.4, -0.2) is 75.9 Å². The number of hydrogen-bond acceptors (Lipinski definition) is 7. The minimum atomic E-state index is -1.50. The van der Waals surface area contributed by atoms with Crippen molar-refractivity contribution >= 4 is 40.8 Å². The molecule has 1 fully saturated rings. The summed E-state index contributed by atoms with van der Waals surface area (Å²) in [4.78, 5) is 30.5. The molecule has 0 bridgehead atoms. The molecular formula is C29H38N4O4S. The van der Waals surface area contributed by atoms with Crippen LogP contribution in [0.4, 0.5) is 5.95 Å². The second-order valence-corrected chi connectivity index (χ2v) is 10.8. The third-order valence-corrected chi connectivity index (χ3v) is 7.67. The summed E-state index contributed by atoms with van der Waals surface area (Å²) in [5.41, 5.74) is 1.61. The van der Waals surface area contributed by atoms with Crippen molar-refractivity contribution in [1.82, 2.24) is 14.9 Å². The zero-order valence-corrected chi connectivity index (χ0v) is 23.0. The van der Waals surface area contributed by atoms with Gasteiger partial charge in [-0.05, 0) is 80.5 Å². The number of unbranched alkanes of at least 4 members (excludes halogenated alkanes) is 1. The maximum atomic E-state index is 13.4. The molecule has 8 nitrogen and oxygen atoms in total. The molecule has 1 aliphatic heterocycles. The Morgan fingerprint density at radius 1 is 1.26 bits per heavy atom. The number of aliphatic hydroxyl groups is 1. The first kappa shape index (κ1) is 28.2. The van der Waals surface area contributed by atoms with Crippen LogP contribution in [0, 0.1) is 0 Å². The molecule has 1 aromatic heterocycles. The number of nitrogens with zero attached hydrogens (tertiary/aromatic N) is 3. The van der Waals surface area contributed by atoms with E-state index in [0.29, 0.717) is 30.1 Å². The minimum absolute atomic E-state index is 0.131. The normalized spacial score (nSPS) is 16.7. The van der Waals surface area contributed by atoms with Crippen LogP contribution < -0.4 is 5.06 Å². The molecule has 0 unspecified atom stereocenters. The second-order valence-electron chi connectivity index (χ2n) is 9.78. The predicted molar refractivity (Wildman–Crippen MR) is 154 cm³/mol. The van der Waals surface area contributed by atoms with Crippen molar-refractivity contribution in [2.45, 2.75) is 43.7 Å². The third-order valence-electron chi connectivity index (χ3n) is 7.06. The van der Waals surface area contributed by atoms with Gasteiger partial charge < -0.3 is 20.1 Å². The molecule has 1 atom stereocenters. The molecule has 9 heteroatoms. The van der Waals surface area contributed by atoms with Crippen molar-refractivity contribution in [3.63, 3.8) is 0 Å². The average molecular weight is 539 g/mol. The molecule has 3 aromatic rings. The number of nitrogens with one attached hydrogen (secondary N) is 1. The summed E-state index contributed by atoms with van der Waals surface area (Å²) in [6, 6.07) is 15.3. The molecule has 3 N–H and O–H groups in total. The molecule has 2 aromatic carbocycles. The molecule has 0 amide bonds. The van der Waals surface area contributed by atoms with Crippen molar-refractivity contribution in [3.8, 4) is 0 Å². The number of fused-ring (bicyclic) bond motifs is 1. The standard InChI is InChI=1S/C29H38N4O4S/c1-32-17-14-24(15-18-32)37-33(28-30-25-12-5-6-13-26(25)31-28)29(27(35)36,16-20-38-2)23-11-8-10-22(21-23)9-4-3-7-19-34/h4-6,8-13,21,24,34H,3,7,14-20H2,1-2H3,(H,30,31)(H,35,36)/t29-/m0/s1. The largest absolute Gasteiger partial charge is 0.479 e. The number of carbonyl (C=O) groups is 1. The molecule has 0 radical (unpaired) electrons. The number of hydrogen-bond donors (Lipinski definition) is 3. The molecule has 1 aliphatic rings. The predicted octanol–water partition coefficient (Wildman–Crippen LogP) is 4.91. The highest BCUT2D eigenvalue weighted by atomic mass is 32.2. The molecular weight excluding hydrogens is 500 g/mol. The highest BCUT2D eigenvalue weighted by Crippen LogP contribution is 2.39. The third kappa shape index (κ3) is 6.40. The summed E-state index contributed by atoms with van der Waals surface area (Å²) in [6.07, 6.45) is 9.21. The van der Waals surface area contributed by atoms with Crippen molar-refractivity contribution in [2.24, 2.45) is 0 Å². The lowest BCUT2D eigenvalue weighted by atomic mass is 9.85. The van der Waals surface area contributed by atoms with Gasteiger partial charge in [0.2, 0.25) is 5.95 Å². The van der Waals surface area contributed by atoms with E-state index in [9.17, 15) is 9.90 Å². The van der Waals surface area contributed by atoms with E-state index in [1.165, 1.54) is 0 Å². The monoisotopic (exact) mass is 538 g/mol.